The van der Waals surface area contributed by atoms with Crippen molar-refractivity contribution in [1.29, 1.82) is 0 Å². The highest BCUT2D eigenvalue weighted by atomic mass is 32.2. The van der Waals surface area contributed by atoms with E-state index >= 15 is 0 Å². The van der Waals surface area contributed by atoms with Crippen molar-refractivity contribution < 1.29 is 19.5 Å². The standard InChI is InChI=1S/C23H25NO4S2/c1-15-8-10-18(11-9-15)30-19-12-20(22(26)27)24(13-19)21(25)16(2)14-29-23(28)17-6-4-3-5-7-17/h3-11,16,19-20H,12-14H2,1-2H3,(H,26,27)/t16?,19?,20-/m0/s1. The van der Waals surface area contributed by atoms with Crippen LogP contribution in [0.3, 0.4) is 0 Å². The summed E-state index contributed by atoms with van der Waals surface area (Å²) in [5.74, 6) is -1.29. The average Bonchev–Trinajstić information content (AvgIpc) is 3.17. The third-order valence-corrected chi connectivity index (χ3v) is 7.43. The number of thioether (sulfide) groups is 2. The first-order valence-corrected chi connectivity index (χ1v) is 11.7. The van der Waals surface area contributed by atoms with Crippen LogP contribution in [0, 0.1) is 12.8 Å². The second-order valence-electron chi connectivity index (χ2n) is 7.50. The van der Waals surface area contributed by atoms with Crippen molar-refractivity contribution in [2.45, 2.75) is 36.5 Å². The van der Waals surface area contributed by atoms with Crippen molar-refractivity contribution in [3.8, 4) is 0 Å². The van der Waals surface area contributed by atoms with Crippen LogP contribution in [0.4, 0.5) is 0 Å². The second-order valence-corrected chi connectivity index (χ2v) is 9.87. The largest absolute Gasteiger partial charge is 0.480 e. The molecule has 1 saturated heterocycles. The van der Waals surface area contributed by atoms with Gasteiger partial charge in [-0.1, -0.05) is 66.7 Å². The molecule has 1 fully saturated rings. The van der Waals surface area contributed by atoms with E-state index in [1.165, 1.54) is 10.5 Å². The highest BCUT2D eigenvalue weighted by Gasteiger charge is 2.41. The Morgan fingerprint density at radius 1 is 1.10 bits per heavy atom. The van der Waals surface area contributed by atoms with Crippen LogP contribution in [0.15, 0.2) is 59.5 Å². The van der Waals surface area contributed by atoms with Crippen LogP contribution in [0.5, 0.6) is 0 Å². The summed E-state index contributed by atoms with van der Waals surface area (Å²) < 4.78 is 0. The van der Waals surface area contributed by atoms with Gasteiger partial charge in [0.2, 0.25) is 11.0 Å². The number of aryl methyl sites for hydroxylation is 1. The molecule has 2 aromatic carbocycles. The Hall–Kier alpha value is -2.25. The van der Waals surface area contributed by atoms with Crippen molar-refractivity contribution in [1.82, 2.24) is 4.90 Å². The van der Waals surface area contributed by atoms with Gasteiger partial charge in [0.15, 0.2) is 0 Å². The topological polar surface area (TPSA) is 74.7 Å². The van der Waals surface area contributed by atoms with Crippen LogP contribution >= 0.6 is 23.5 Å². The van der Waals surface area contributed by atoms with Crippen molar-refractivity contribution in [3.05, 3.63) is 65.7 Å². The number of carbonyl (C=O) groups excluding carboxylic acids is 2. The minimum absolute atomic E-state index is 0.0311. The first kappa shape index (κ1) is 22.4. The molecule has 0 aliphatic carbocycles. The predicted molar refractivity (Wildman–Crippen MR) is 121 cm³/mol. The van der Waals surface area contributed by atoms with E-state index in [0.717, 1.165) is 16.7 Å². The van der Waals surface area contributed by atoms with E-state index in [2.05, 4.69) is 0 Å². The molecule has 3 rings (SSSR count). The Morgan fingerprint density at radius 3 is 2.40 bits per heavy atom. The molecule has 158 valence electrons. The zero-order valence-corrected chi connectivity index (χ0v) is 18.6. The van der Waals surface area contributed by atoms with Gasteiger partial charge in [-0.2, -0.15) is 0 Å². The van der Waals surface area contributed by atoms with Gasteiger partial charge >= 0.3 is 5.97 Å². The van der Waals surface area contributed by atoms with E-state index < -0.39 is 17.9 Å². The maximum atomic E-state index is 13.0. The molecule has 1 heterocycles. The normalized spacial score (nSPS) is 19.5. The lowest BCUT2D eigenvalue weighted by atomic mass is 10.1. The number of likely N-dealkylation sites (tertiary alicyclic amines) is 1. The van der Waals surface area contributed by atoms with Gasteiger partial charge in [-0.3, -0.25) is 9.59 Å². The predicted octanol–water partition coefficient (Wildman–Crippen LogP) is 4.35. The summed E-state index contributed by atoms with van der Waals surface area (Å²) in [6.07, 6.45) is 0.419. The lowest BCUT2D eigenvalue weighted by Gasteiger charge is -2.24. The van der Waals surface area contributed by atoms with Crippen molar-refractivity contribution in [2.75, 3.05) is 12.3 Å². The number of benzene rings is 2. The summed E-state index contributed by atoms with van der Waals surface area (Å²) in [5, 5.41) is 9.59. The molecule has 2 aromatic rings. The number of nitrogens with zero attached hydrogens (tertiary/aromatic N) is 1. The summed E-state index contributed by atoms with van der Waals surface area (Å²) in [7, 11) is 0. The van der Waals surface area contributed by atoms with Crippen LogP contribution < -0.4 is 0 Å². The summed E-state index contributed by atoms with van der Waals surface area (Å²) in [5.41, 5.74) is 1.77. The molecule has 1 aliphatic rings. The molecule has 1 aliphatic heterocycles. The number of amides is 1. The smallest absolute Gasteiger partial charge is 0.326 e. The molecule has 1 N–H and O–H groups in total. The minimum Gasteiger partial charge on any atom is -0.480 e. The highest BCUT2D eigenvalue weighted by Crippen LogP contribution is 2.34. The number of carbonyl (C=O) groups is 3. The van der Waals surface area contributed by atoms with Gasteiger partial charge in [0.1, 0.15) is 6.04 Å². The SMILES string of the molecule is Cc1ccc(SC2C[C@@H](C(=O)O)N(C(=O)C(C)CSC(=O)c3ccccc3)C2)cc1. The molecule has 7 heteroatoms. The monoisotopic (exact) mass is 443 g/mol. The molecule has 0 saturated carbocycles. The quantitative estimate of drug-likeness (QED) is 0.686. The van der Waals surface area contributed by atoms with Crippen molar-refractivity contribution in [3.63, 3.8) is 0 Å². The van der Waals surface area contributed by atoms with Gasteiger partial charge in [-0.15, -0.1) is 11.8 Å². The average molecular weight is 444 g/mol. The van der Waals surface area contributed by atoms with E-state index in [1.807, 2.05) is 37.3 Å². The fourth-order valence-corrected chi connectivity index (χ4v) is 5.42. The van der Waals surface area contributed by atoms with Gasteiger partial charge < -0.3 is 10.0 Å². The van der Waals surface area contributed by atoms with Crippen LogP contribution in [0.2, 0.25) is 0 Å². The molecule has 0 aromatic heterocycles. The Balaban J connectivity index is 1.60. The highest BCUT2D eigenvalue weighted by molar-refractivity contribution is 8.14. The summed E-state index contributed by atoms with van der Waals surface area (Å²) in [4.78, 5) is 39.6. The fourth-order valence-electron chi connectivity index (χ4n) is 3.38. The van der Waals surface area contributed by atoms with Crippen LogP contribution in [-0.4, -0.2) is 50.6 Å². The van der Waals surface area contributed by atoms with Gasteiger partial charge in [0.05, 0.1) is 0 Å². The molecule has 1 amide bonds. The first-order valence-electron chi connectivity index (χ1n) is 9.84. The van der Waals surface area contributed by atoms with E-state index in [0.29, 0.717) is 24.3 Å². The number of rotatable bonds is 7. The fraction of sp³-hybridized carbons (Fsp3) is 0.348. The Bertz CT molecular complexity index is 901. The van der Waals surface area contributed by atoms with E-state index in [9.17, 15) is 19.5 Å². The summed E-state index contributed by atoms with van der Waals surface area (Å²) in [6.45, 7) is 4.18. The molecule has 0 spiro atoms. The molecular formula is C23H25NO4S2. The number of aliphatic carboxylic acids is 1. The van der Waals surface area contributed by atoms with E-state index in [4.69, 9.17) is 0 Å². The molecule has 3 atom stereocenters. The maximum Gasteiger partial charge on any atom is 0.326 e. The molecule has 2 unspecified atom stereocenters. The third kappa shape index (κ3) is 5.67. The van der Waals surface area contributed by atoms with Gasteiger partial charge in [-0.25, -0.2) is 4.79 Å². The van der Waals surface area contributed by atoms with Crippen LogP contribution in [0.25, 0.3) is 0 Å². The van der Waals surface area contributed by atoms with Gasteiger partial charge in [0, 0.05) is 33.9 Å². The second kappa shape index (κ2) is 10.2. The Labute approximate surface area is 185 Å². The Morgan fingerprint density at radius 2 is 1.77 bits per heavy atom. The first-order chi connectivity index (χ1) is 14.3. The van der Waals surface area contributed by atoms with E-state index in [1.54, 1.807) is 43.0 Å². The zero-order chi connectivity index (χ0) is 21.7. The number of carboxylic acids is 1. The van der Waals surface area contributed by atoms with Crippen molar-refractivity contribution in [2.24, 2.45) is 5.92 Å². The molecule has 5 nitrogen and oxygen atoms in total. The number of hydrogen-bond donors (Lipinski definition) is 1. The zero-order valence-electron chi connectivity index (χ0n) is 17.0. The molecule has 0 bridgehead atoms. The lowest BCUT2D eigenvalue weighted by molar-refractivity contribution is -0.149. The number of carboxylic acid groups (broad SMARTS) is 1. The summed E-state index contributed by atoms with van der Waals surface area (Å²) in [6, 6.07) is 16.2. The molecular weight excluding hydrogens is 418 g/mol. The Kier molecular flexibility index (Phi) is 7.61. The molecule has 30 heavy (non-hydrogen) atoms. The van der Waals surface area contributed by atoms with Gasteiger partial charge in [-0.05, 0) is 25.5 Å². The van der Waals surface area contributed by atoms with Crippen molar-refractivity contribution >= 4 is 40.5 Å². The maximum absolute atomic E-state index is 13.0. The lowest BCUT2D eigenvalue weighted by Crippen LogP contribution is -2.43. The van der Waals surface area contributed by atoms with Gasteiger partial charge in [0.25, 0.3) is 0 Å². The van der Waals surface area contributed by atoms with Crippen LogP contribution in [-0.2, 0) is 9.59 Å². The van der Waals surface area contributed by atoms with Crippen LogP contribution in [0.1, 0.15) is 29.3 Å². The van der Waals surface area contributed by atoms with E-state index in [-0.39, 0.29) is 16.3 Å². The third-order valence-electron chi connectivity index (χ3n) is 5.05. The minimum atomic E-state index is -0.976. The summed E-state index contributed by atoms with van der Waals surface area (Å²) >= 11 is 2.71. The molecule has 0 radical (unpaired) electrons. The number of hydrogen-bond acceptors (Lipinski definition) is 5.